The monoisotopic (exact) mass is 293 g/mol. The number of guanidine groups is 1. The van der Waals surface area contributed by atoms with Gasteiger partial charge in [-0.25, -0.2) is 0 Å². The van der Waals surface area contributed by atoms with Crippen LogP contribution in [0.4, 0.5) is 5.69 Å². The molecule has 6 nitrogen and oxygen atoms in total. The Morgan fingerprint density at radius 2 is 1.90 bits per heavy atom. The summed E-state index contributed by atoms with van der Waals surface area (Å²) in [5, 5.41) is 34.1. The Labute approximate surface area is 124 Å². The standard InChI is InChI=1S/C15H23N3O3/c19-10-14(21)9-16-15(17-11-3-1-2-4-11)18-12-5-7-13(20)8-6-12/h5-8,11,14,19-21H,1-4,9-10H2,(H2,16,17,18). The molecule has 0 spiro atoms. The lowest BCUT2D eigenvalue weighted by molar-refractivity contribution is 0.102. The number of aliphatic hydroxyl groups is 2. The maximum Gasteiger partial charge on any atom is 0.196 e. The molecule has 21 heavy (non-hydrogen) atoms. The van der Waals surface area contributed by atoms with Crippen molar-refractivity contribution in [1.29, 1.82) is 0 Å². The number of aliphatic hydroxyl groups excluding tert-OH is 2. The van der Waals surface area contributed by atoms with Crippen LogP contribution in [0.3, 0.4) is 0 Å². The topological polar surface area (TPSA) is 97.1 Å². The Balaban J connectivity index is 2.00. The fraction of sp³-hybridized carbons (Fsp3) is 0.533. The van der Waals surface area contributed by atoms with Crippen molar-refractivity contribution in [2.24, 2.45) is 4.99 Å². The summed E-state index contributed by atoms with van der Waals surface area (Å²) in [7, 11) is 0. The molecule has 0 aliphatic heterocycles. The molecule has 0 aromatic heterocycles. The van der Waals surface area contributed by atoms with Gasteiger partial charge in [-0.1, -0.05) is 12.8 Å². The van der Waals surface area contributed by atoms with Crippen LogP contribution in [-0.4, -0.2) is 46.6 Å². The maximum absolute atomic E-state index is 9.42. The number of phenolic OH excluding ortho intramolecular Hbond substituents is 1. The highest BCUT2D eigenvalue weighted by atomic mass is 16.3. The molecule has 0 saturated heterocycles. The molecule has 1 fully saturated rings. The number of nitrogens with zero attached hydrogens (tertiary/aromatic N) is 1. The molecular weight excluding hydrogens is 270 g/mol. The summed E-state index contributed by atoms with van der Waals surface area (Å²) in [6, 6.07) is 7.09. The van der Waals surface area contributed by atoms with E-state index < -0.39 is 6.10 Å². The highest BCUT2D eigenvalue weighted by molar-refractivity contribution is 5.93. The van der Waals surface area contributed by atoms with E-state index in [-0.39, 0.29) is 18.9 Å². The molecule has 1 unspecified atom stereocenters. The minimum Gasteiger partial charge on any atom is -0.508 e. The van der Waals surface area contributed by atoms with Gasteiger partial charge in [-0.2, -0.15) is 0 Å². The molecule has 5 N–H and O–H groups in total. The lowest BCUT2D eigenvalue weighted by Crippen LogP contribution is -2.38. The Kier molecular flexibility index (Phi) is 5.83. The third-order valence-corrected chi connectivity index (χ3v) is 3.50. The van der Waals surface area contributed by atoms with Crippen molar-refractivity contribution in [3.63, 3.8) is 0 Å². The molecule has 1 aliphatic rings. The van der Waals surface area contributed by atoms with Crippen LogP contribution in [0.1, 0.15) is 25.7 Å². The zero-order valence-corrected chi connectivity index (χ0v) is 12.0. The van der Waals surface area contributed by atoms with Crippen molar-refractivity contribution in [3.05, 3.63) is 24.3 Å². The van der Waals surface area contributed by atoms with Gasteiger partial charge in [0.2, 0.25) is 0 Å². The first-order chi connectivity index (χ1) is 10.2. The fourth-order valence-corrected chi connectivity index (χ4v) is 2.32. The molecular formula is C15H23N3O3. The van der Waals surface area contributed by atoms with Crippen LogP contribution in [0.2, 0.25) is 0 Å². The van der Waals surface area contributed by atoms with E-state index in [1.54, 1.807) is 24.3 Å². The van der Waals surface area contributed by atoms with Gasteiger partial charge in [0.1, 0.15) is 5.75 Å². The summed E-state index contributed by atoms with van der Waals surface area (Å²) in [6.45, 7) is -0.171. The first kappa shape index (κ1) is 15.6. The van der Waals surface area contributed by atoms with E-state index in [9.17, 15) is 10.2 Å². The largest absolute Gasteiger partial charge is 0.508 e. The van der Waals surface area contributed by atoms with Crippen molar-refractivity contribution < 1.29 is 15.3 Å². The van der Waals surface area contributed by atoms with Gasteiger partial charge in [0.15, 0.2) is 5.96 Å². The van der Waals surface area contributed by atoms with E-state index in [2.05, 4.69) is 15.6 Å². The van der Waals surface area contributed by atoms with E-state index >= 15 is 0 Å². The number of rotatable bonds is 5. The first-order valence-corrected chi connectivity index (χ1v) is 7.33. The highest BCUT2D eigenvalue weighted by Crippen LogP contribution is 2.18. The van der Waals surface area contributed by atoms with Gasteiger partial charge >= 0.3 is 0 Å². The molecule has 116 valence electrons. The average Bonchev–Trinajstić information content (AvgIpc) is 2.99. The van der Waals surface area contributed by atoms with Crippen LogP contribution in [-0.2, 0) is 0 Å². The molecule has 0 bridgehead atoms. The van der Waals surface area contributed by atoms with Gasteiger partial charge in [-0.3, -0.25) is 4.99 Å². The number of benzene rings is 1. The third-order valence-electron chi connectivity index (χ3n) is 3.50. The maximum atomic E-state index is 9.42. The molecule has 0 heterocycles. The second kappa shape index (κ2) is 7.85. The van der Waals surface area contributed by atoms with Crippen LogP contribution in [0.15, 0.2) is 29.3 Å². The van der Waals surface area contributed by atoms with Crippen molar-refractivity contribution in [1.82, 2.24) is 5.32 Å². The summed E-state index contributed by atoms with van der Waals surface area (Å²) in [5.41, 5.74) is 0.801. The lowest BCUT2D eigenvalue weighted by atomic mass is 10.2. The number of hydrogen-bond donors (Lipinski definition) is 5. The third kappa shape index (κ3) is 5.24. The molecule has 0 radical (unpaired) electrons. The van der Waals surface area contributed by atoms with Crippen molar-refractivity contribution >= 4 is 11.6 Å². The highest BCUT2D eigenvalue weighted by Gasteiger charge is 2.16. The molecule has 0 amide bonds. The minimum absolute atomic E-state index is 0.136. The van der Waals surface area contributed by atoms with Gasteiger partial charge in [0, 0.05) is 11.7 Å². The Bertz CT molecular complexity index is 456. The summed E-state index contributed by atoms with van der Waals surface area (Å²) >= 11 is 0. The summed E-state index contributed by atoms with van der Waals surface area (Å²) in [5.74, 6) is 0.790. The quantitative estimate of drug-likeness (QED) is 0.317. The number of anilines is 1. The van der Waals surface area contributed by atoms with Crippen LogP contribution in [0, 0.1) is 0 Å². The number of phenols is 1. The van der Waals surface area contributed by atoms with Crippen LogP contribution >= 0.6 is 0 Å². The number of aromatic hydroxyl groups is 1. The van der Waals surface area contributed by atoms with Crippen LogP contribution < -0.4 is 10.6 Å². The predicted octanol–water partition coefficient (Wildman–Crippen LogP) is 1.05. The number of aliphatic imine (C=N–C) groups is 1. The van der Waals surface area contributed by atoms with Gasteiger partial charge in [0.05, 0.1) is 19.3 Å². The first-order valence-electron chi connectivity index (χ1n) is 7.33. The van der Waals surface area contributed by atoms with Gasteiger partial charge in [-0.05, 0) is 37.1 Å². The van der Waals surface area contributed by atoms with Crippen molar-refractivity contribution in [2.75, 3.05) is 18.5 Å². The van der Waals surface area contributed by atoms with E-state index in [0.29, 0.717) is 12.0 Å². The average molecular weight is 293 g/mol. The molecule has 1 atom stereocenters. The molecule has 2 rings (SSSR count). The van der Waals surface area contributed by atoms with E-state index in [1.807, 2.05) is 0 Å². The molecule has 1 aromatic rings. The summed E-state index contributed by atoms with van der Waals surface area (Å²) in [6.07, 6.45) is 3.79. The van der Waals surface area contributed by atoms with Crippen LogP contribution in [0.25, 0.3) is 0 Å². The number of nitrogens with one attached hydrogen (secondary N) is 2. The smallest absolute Gasteiger partial charge is 0.196 e. The molecule has 1 aromatic carbocycles. The Hall–Kier alpha value is -1.79. The predicted molar refractivity (Wildman–Crippen MR) is 82.5 cm³/mol. The zero-order chi connectivity index (χ0) is 15.1. The Morgan fingerprint density at radius 3 is 2.52 bits per heavy atom. The zero-order valence-electron chi connectivity index (χ0n) is 12.0. The second-order valence-electron chi connectivity index (χ2n) is 5.32. The minimum atomic E-state index is -0.855. The van der Waals surface area contributed by atoms with Crippen molar-refractivity contribution in [3.8, 4) is 5.75 Å². The normalized spacial score (nSPS) is 17.7. The van der Waals surface area contributed by atoms with Gasteiger partial charge in [0.25, 0.3) is 0 Å². The summed E-state index contributed by atoms with van der Waals surface area (Å²) in [4.78, 5) is 4.30. The Morgan fingerprint density at radius 1 is 1.24 bits per heavy atom. The SMILES string of the molecule is OCC(O)CN=C(Nc1ccc(O)cc1)NC1CCCC1. The van der Waals surface area contributed by atoms with Crippen molar-refractivity contribution in [2.45, 2.75) is 37.8 Å². The molecule has 6 heteroatoms. The van der Waals surface area contributed by atoms with Gasteiger partial charge in [-0.15, -0.1) is 0 Å². The lowest BCUT2D eigenvalue weighted by Gasteiger charge is -2.18. The van der Waals surface area contributed by atoms with E-state index in [1.165, 1.54) is 12.8 Å². The summed E-state index contributed by atoms with van der Waals surface area (Å²) < 4.78 is 0. The van der Waals surface area contributed by atoms with E-state index in [0.717, 1.165) is 18.5 Å². The molecule has 1 aliphatic carbocycles. The second-order valence-corrected chi connectivity index (χ2v) is 5.32. The number of hydrogen-bond acceptors (Lipinski definition) is 4. The van der Waals surface area contributed by atoms with E-state index in [4.69, 9.17) is 5.11 Å². The van der Waals surface area contributed by atoms with Crippen LogP contribution in [0.5, 0.6) is 5.75 Å². The van der Waals surface area contributed by atoms with Gasteiger partial charge < -0.3 is 26.0 Å². The molecule has 1 saturated carbocycles. The fourth-order valence-electron chi connectivity index (χ4n) is 2.32.